The fraction of sp³-hybridized carbons (Fsp3) is 0.462. The van der Waals surface area contributed by atoms with Crippen molar-refractivity contribution < 1.29 is 40.6 Å². The number of ketones is 1. The van der Waals surface area contributed by atoms with E-state index in [1.807, 2.05) is 0 Å². The fourth-order valence-corrected chi connectivity index (χ4v) is 1.91. The Labute approximate surface area is 120 Å². The van der Waals surface area contributed by atoms with Gasteiger partial charge in [0, 0.05) is 6.42 Å². The molecule has 0 aromatic heterocycles. The summed E-state index contributed by atoms with van der Waals surface area (Å²) in [5, 5.41) is 9.93. The average molecular weight is 332 g/mol. The van der Waals surface area contributed by atoms with Crippen LogP contribution in [0.25, 0.3) is 0 Å². The first kappa shape index (κ1) is 18.4. The third-order valence-electron chi connectivity index (χ3n) is 3.03. The van der Waals surface area contributed by atoms with Gasteiger partial charge < -0.3 is 5.11 Å². The van der Waals surface area contributed by atoms with Crippen LogP contribution < -0.4 is 0 Å². The maximum atomic E-state index is 13.9. The summed E-state index contributed by atoms with van der Waals surface area (Å²) in [5.74, 6) is -13.7. The smallest absolute Gasteiger partial charge is 0.378 e. The maximum Gasteiger partial charge on any atom is 0.460 e. The standard InChI is InChI=1S/C13H11F7O2/c1-8(21)7-10(22,9-5-3-2-4-6-9)11(14,15)12(16,17)13(18,19)20/h2-6,22H,7H2,1H3/t10-/m0/s1. The second kappa shape index (κ2) is 5.53. The van der Waals surface area contributed by atoms with Crippen LogP contribution in [0.15, 0.2) is 30.3 Å². The zero-order chi connectivity index (χ0) is 17.4. The molecule has 2 nitrogen and oxygen atoms in total. The average Bonchev–Trinajstić information content (AvgIpc) is 2.37. The van der Waals surface area contributed by atoms with Crippen LogP contribution in [-0.2, 0) is 10.4 Å². The van der Waals surface area contributed by atoms with E-state index in [0.717, 1.165) is 24.3 Å². The Morgan fingerprint density at radius 2 is 1.41 bits per heavy atom. The molecule has 0 saturated carbocycles. The second-order valence-corrected chi connectivity index (χ2v) is 4.75. The maximum absolute atomic E-state index is 13.9. The van der Waals surface area contributed by atoms with E-state index in [1.165, 1.54) is 6.07 Å². The minimum Gasteiger partial charge on any atom is -0.378 e. The number of carbonyl (C=O) groups is 1. The summed E-state index contributed by atoms with van der Waals surface area (Å²) in [7, 11) is 0. The van der Waals surface area contributed by atoms with E-state index >= 15 is 0 Å². The number of aliphatic hydroxyl groups is 1. The van der Waals surface area contributed by atoms with Gasteiger partial charge in [-0.1, -0.05) is 30.3 Å². The van der Waals surface area contributed by atoms with Crippen molar-refractivity contribution in [1.29, 1.82) is 0 Å². The van der Waals surface area contributed by atoms with Gasteiger partial charge in [0.1, 0.15) is 5.78 Å². The van der Waals surface area contributed by atoms with Crippen molar-refractivity contribution in [3.8, 4) is 0 Å². The first-order valence-electron chi connectivity index (χ1n) is 5.87. The van der Waals surface area contributed by atoms with Crippen LogP contribution >= 0.6 is 0 Å². The molecule has 1 aromatic rings. The second-order valence-electron chi connectivity index (χ2n) is 4.75. The lowest BCUT2D eigenvalue weighted by Gasteiger charge is -2.40. The zero-order valence-electron chi connectivity index (χ0n) is 11.1. The number of alkyl halides is 7. The van der Waals surface area contributed by atoms with E-state index in [-0.39, 0.29) is 0 Å². The summed E-state index contributed by atoms with van der Waals surface area (Å²) in [6.07, 6.45) is -8.20. The van der Waals surface area contributed by atoms with E-state index < -0.39 is 41.4 Å². The largest absolute Gasteiger partial charge is 0.460 e. The molecule has 124 valence electrons. The molecule has 1 atom stereocenters. The highest BCUT2D eigenvalue weighted by Crippen LogP contribution is 2.55. The van der Waals surface area contributed by atoms with Gasteiger partial charge in [-0.2, -0.15) is 30.7 Å². The number of carbonyl (C=O) groups excluding carboxylic acids is 1. The van der Waals surface area contributed by atoms with Crippen LogP contribution in [0.5, 0.6) is 0 Å². The highest BCUT2D eigenvalue weighted by atomic mass is 19.4. The van der Waals surface area contributed by atoms with Gasteiger partial charge in [0.2, 0.25) is 0 Å². The van der Waals surface area contributed by atoms with Gasteiger partial charge in [-0.25, -0.2) is 0 Å². The van der Waals surface area contributed by atoms with Gasteiger partial charge in [0.15, 0.2) is 5.60 Å². The normalized spacial score (nSPS) is 16.2. The molecule has 0 aliphatic rings. The Morgan fingerprint density at radius 3 is 1.77 bits per heavy atom. The summed E-state index contributed by atoms with van der Waals surface area (Å²) >= 11 is 0. The van der Waals surface area contributed by atoms with Crippen LogP contribution in [0, 0.1) is 0 Å². The molecule has 0 aliphatic carbocycles. The first-order chi connectivity index (χ1) is 9.77. The number of benzene rings is 1. The van der Waals surface area contributed by atoms with Crippen LogP contribution in [0.4, 0.5) is 30.7 Å². The topological polar surface area (TPSA) is 37.3 Å². The van der Waals surface area contributed by atoms with E-state index in [9.17, 15) is 40.6 Å². The van der Waals surface area contributed by atoms with Crippen molar-refractivity contribution >= 4 is 5.78 Å². The first-order valence-corrected chi connectivity index (χ1v) is 5.87. The molecule has 9 heteroatoms. The van der Waals surface area contributed by atoms with Gasteiger partial charge in [0.05, 0.1) is 0 Å². The van der Waals surface area contributed by atoms with E-state index in [1.54, 1.807) is 0 Å². The van der Waals surface area contributed by atoms with Crippen molar-refractivity contribution in [1.82, 2.24) is 0 Å². The van der Waals surface area contributed by atoms with Crippen LogP contribution in [0.3, 0.4) is 0 Å². The summed E-state index contributed by atoms with van der Waals surface area (Å²) in [5.41, 5.74) is -4.92. The molecule has 1 aromatic carbocycles. The molecule has 0 amide bonds. The molecule has 22 heavy (non-hydrogen) atoms. The minimum absolute atomic E-state index is 0.690. The summed E-state index contributed by atoms with van der Waals surface area (Å²) in [4.78, 5) is 11.0. The van der Waals surface area contributed by atoms with Crippen LogP contribution in [-0.4, -0.2) is 28.9 Å². The van der Waals surface area contributed by atoms with Crippen molar-refractivity contribution in [2.24, 2.45) is 0 Å². The van der Waals surface area contributed by atoms with Crippen molar-refractivity contribution in [2.45, 2.75) is 37.0 Å². The molecule has 0 aliphatic heterocycles. The molecule has 0 radical (unpaired) electrons. The van der Waals surface area contributed by atoms with Crippen molar-refractivity contribution in [2.75, 3.05) is 0 Å². The molecule has 0 saturated heterocycles. The molecule has 1 rings (SSSR count). The van der Waals surface area contributed by atoms with Gasteiger partial charge in [-0.15, -0.1) is 0 Å². The molecule has 0 spiro atoms. The predicted molar refractivity (Wildman–Crippen MR) is 61.6 cm³/mol. The molecule has 0 fully saturated rings. The lowest BCUT2D eigenvalue weighted by atomic mass is 9.80. The van der Waals surface area contributed by atoms with Crippen molar-refractivity contribution in [3.63, 3.8) is 0 Å². The van der Waals surface area contributed by atoms with Crippen LogP contribution in [0.1, 0.15) is 18.9 Å². The monoisotopic (exact) mass is 332 g/mol. The molecular weight excluding hydrogens is 321 g/mol. The highest BCUT2D eigenvalue weighted by Gasteiger charge is 2.79. The Balaban J connectivity index is 3.55. The van der Waals surface area contributed by atoms with Crippen molar-refractivity contribution in [3.05, 3.63) is 35.9 Å². The van der Waals surface area contributed by atoms with E-state index in [0.29, 0.717) is 6.92 Å². The Bertz CT molecular complexity index is 539. The zero-order valence-corrected chi connectivity index (χ0v) is 11.1. The predicted octanol–water partition coefficient (Wildman–Crippen LogP) is 3.69. The number of halogens is 7. The minimum atomic E-state index is -6.60. The molecular formula is C13H11F7O2. The van der Waals surface area contributed by atoms with Crippen LogP contribution in [0.2, 0.25) is 0 Å². The van der Waals surface area contributed by atoms with E-state index in [2.05, 4.69) is 0 Å². The number of rotatable bonds is 5. The Hall–Kier alpha value is -1.64. The van der Waals surface area contributed by atoms with Gasteiger partial charge >= 0.3 is 18.0 Å². The summed E-state index contributed by atoms with van der Waals surface area (Å²) in [6.45, 7) is 0.690. The number of hydrogen-bond donors (Lipinski definition) is 1. The van der Waals surface area contributed by atoms with Gasteiger partial charge in [-0.05, 0) is 12.5 Å². The fourth-order valence-electron chi connectivity index (χ4n) is 1.91. The third-order valence-corrected chi connectivity index (χ3v) is 3.03. The number of hydrogen-bond acceptors (Lipinski definition) is 2. The Kier molecular flexibility index (Phi) is 4.63. The lowest BCUT2D eigenvalue weighted by Crippen LogP contribution is -2.63. The molecule has 0 bridgehead atoms. The SMILES string of the molecule is CC(=O)C[C@](O)(c1ccccc1)C(F)(F)C(F)(F)C(F)(F)F. The quantitative estimate of drug-likeness (QED) is 0.835. The van der Waals surface area contributed by atoms with Gasteiger partial charge in [0.25, 0.3) is 0 Å². The summed E-state index contributed by atoms with van der Waals surface area (Å²) in [6, 6.07) is 4.87. The number of Topliss-reactive ketones (excluding diaryl/α,β-unsaturated/α-hetero) is 1. The summed E-state index contributed by atoms with van der Waals surface area (Å²) < 4.78 is 91.1. The van der Waals surface area contributed by atoms with Gasteiger partial charge in [-0.3, -0.25) is 4.79 Å². The molecule has 0 heterocycles. The lowest BCUT2D eigenvalue weighted by molar-refractivity contribution is -0.390. The third kappa shape index (κ3) is 2.81. The molecule has 0 unspecified atom stereocenters. The molecule has 1 N–H and O–H groups in total. The highest BCUT2D eigenvalue weighted by molar-refractivity contribution is 5.77. The van der Waals surface area contributed by atoms with E-state index in [4.69, 9.17) is 0 Å². The Morgan fingerprint density at radius 1 is 0.955 bits per heavy atom.